The van der Waals surface area contributed by atoms with E-state index in [0.29, 0.717) is 0 Å². The molecule has 4 heteroatoms. The van der Waals surface area contributed by atoms with Gasteiger partial charge in [0.1, 0.15) is 0 Å². The number of rotatable bonds is 5. The van der Waals surface area contributed by atoms with E-state index >= 15 is 0 Å². The Hall–Kier alpha value is -0.580. The van der Waals surface area contributed by atoms with Crippen LogP contribution in [0.25, 0.3) is 0 Å². The molecule has 1 aliphatic carbocycles. The lowest BCUT2D eigenvalue weighted by molar-refractivity contribution is 0.249. The van der Waals surface area contributed by atoms with Crippen LogP contribution in [0.15, 0.2) is 22.7 Å². The van der Waals surface area contributed by atoms with Crippen LogP contribution in [0.1, 0.15) is 31.2 Å². The summed E-state index contributed by atoms with van der Waals surface area (Å²) < 4.78 is 1.24. The normalized spacial score (nSPS) is 20.3. The van der Waals surface area contributed by atoms with Crippen molar-refractivity contribution in [3.05, 3.63) is 28.2 Å². The number of halogens is 1. The molecule has 0 amide bonds. The predicted octanol–water partition coefficient (Wildman–Crippen LogP) is 3.23. The zero-order chi connectivity index (χ0) is 14.8. The summed E-state index contributed by atoms with van der Waals surface area (Å²) in [6, 6.07) is 8.34. The van der Waals surface area contributed by atoms with Crippen LogP contribution in [0, 0.1) is 0 Å². The first-order valence-corrected chi connectivity index (χ1v) is 8.86. The molecule has 2 aliphatic rings. The molecule has 3 nitrogen and oxygen atoms in total. The molecule has 0 atom stereocenters. The van der Waals surface area contributed by atoms with Gasteiger partial charge in [0.05, 0.1) is 5.69 Å². The molecule has 0 radical (unpaired) electrons. The molecule has 1 heterocycles. The second-order valence-corrected chi connectivity index (χ2v) is 7.48. The number of hydrogen-bond acceptors (Lipinski definition) is 3. The van der Waals surface area contributed by atoms with Gasteiger partial charge in [0, 0.05) is 36.2 Å². The maximum atomic E-state index is 3.77. The Labute approximate surface area is 136 Å². The summed E-state index contributed by atoms with van der Waals surface area (Å²) in [5, 5.41) is 3.58. The Kier molecular flexibility index (Phi) is 4.87. The summed E-state index contributed by atoms with van der Waals surface area (Å²) in [6.45, 7) is 3.30. The van der Waals surface area contributed by atoms with Crippen molar-refractivity contribution in [3.8, 4) is 0 Å². The molecule has 0 unspecified atom stereocenters. The summed E-state index contributed by atoms with van der Waals surface area (Å²) in [7, 11) is 4.38. The van der Waals surface area contributed by atoms with Crippen LogP contribution in [-0.4, -0.2) is 44.2 Å². The number of piperidine rings is 1. The first-order valence-electron chi connectivity index (χ1n) is 8.06. The number of nitrogens with one attached hydrogen (secondary N) is 1. The van der Waals surface area contributed by atoms with Gasteiger partial charge < -0.3 is 15.1 Å². The lowest BCUT2D eigenvalue weighted by atomic mass is 10.0. The second-order valence-electron chi connectivity index (χ2n) is 6.62. The molecule has 1 aromatic carbocycles. The summed E-state index contributed by atoms with van der Waals surface area (Å²) in [4.78, 5) is 4.88. The van der Waals surface area contributed by atoms with Gasteiger partial charge in [0.2, 0.25) is 0 Å². The molecule has 0 aromatic heterocycles. The highest BCUT2D eigenvalue weighted by molar-refractivity contribution is 9.10. The predicted molar refractivity (Wildman–Crippen MR) is 92.9 cm³/mol. The quantitative estimate of drug-likeness (QED) is 0.878. The Morgan fingerprint density at radius 2 is 1.90 bits per heavy atom. The lowest BCUT2D eigenvalue weighted by Gasteiger charge is -2.37. The Morgan fingerprint density at radius 1 is 1.19 bits per heavy atom. The molecule has 21 heavy (non-hydrogen) atoms. The summed E-state index contributed by atoms with van der Waals surface area (Å²) in [6.07, 6.45) is 5.20. The fraction of sp³-hybridized carbons (Fsp3) is 0.647. The van der Waals surface area contributed by atoms with Crippen molar-refractivity contribution in [1.29, 1.82) is 0 Å². The lowest BCUT2D eigenvalue weighted by Crippen LogP contribution is -2.42. The van der Waals surface area contributed by atoms with E-state index in [1.165, 1.54) is 41.4 Å². The summed E-state index contributed by atoms with van der Waals surface area (Å²) in [5.41, 5.74) is 2.73. The zero-order valence-electron chi connectivity index (χ0n) is 13.1. The van der Waals surface area contributed by atoms with Crippen molar-refractivity contribution in [2.24, 2.45) is 0 Å². The first-order chi connectivity index (χ1) is 10.1. The van der Waals surface area contributed by atoms with Crippen LogP contribution in [0.2, 0.25) is 0 Å². The van der Waals surface area contributed by atoms with Crippen molar-refractivity contribution in [3.63, 3.8) is 0 Å². The maximum Gasteiger partial charge on any atom is 0.0510 e. The number of nitrogens with zero attached hydrogens (tertiary/aromatic N) is 2. The third kappa shape index (κ3) is 3.99. The molecule has 0 spiro atoms. The van der Waals surface area contributed by atoms with Gasteiger partial charge in [-0.15, -0.1) is 0 Å². The molecule has 1 aromatic rings. The maximum absolute atomic E-state index is 3.77. The number of hydrogen-bond donors (Lipinski definition) is 1. The van der Waals surface area contributed by atoms with E-state index < -0.39 is 0 Å². The molecular formula is C17H26BrN3. The molecule has 1 aliphatic heterocycles. The van der Waals surface area contributed by atoms with E-state index in [9.17, 15) is 0 Å². The highest BCUT2D eigenvalue weighted by Crippen LogP contribution is 2.30. The molecule has 0 bridgehead atoms. The van der Waals surface area contributed by atoms with Crippen LogP contribution in [0.4, 0.5) is 5.69 Å². The van der Waals surface area contributed by atoms with Gasteiger partial charge >= 0.3 is 0 Å². The van der Waals surface area contributed by atoms with Gasteiger partial charge in [0.15, 0.2) is 0 Å². The van der Waals surface area contributed by atoms with Crippen LogP contribution in [-0.2, 0) is 6.54 Å². The molecule has 1 saturated carbocycles. The van der Waals surface area contributed by atoms with Crippen LogP contribution < -0.4 is 10.2 Å². The van der Waals surface area contributed by atoms with Gasteiger partial charge in [-0.3, -0.25) is 0 Å². The van der Waals surface area contributed by atoms with E-state index in [4.69, 9.17) is 0 Å². The average Bonchev–Trinajstić information content (AvgIpc) is 3.29. The smallest absolute Gasteiger partial charge is 0.0510 e. The Bertz CT molecular complexity index is 477. The van der Waals surface area contributed by atoms with E-state index in [1.54, 1.807) is 0 Å². The Balaban J connectivity index is 1.60. The van der Waals surface area contributed by atoms with Gasteiger partial charge in [-0.2, -0.15) is 0 Å². The Morgan fingerprint density at radius 3 is 2.48 bits per heavy atom. The monoisotopic (exact) mass is 351 g/mol. The fourth-order valence-corrected chi connectivity index (χ4v) is 3.77. The van der Waals surface area contributed by atoms with Crippen molar-refractivity contribution in [2.75, 3.05) is 32.1 Å². The summed E-state index contributed by atoms with van der Waals surface area (Å²) in [5.74, 6) is 0. The minimum Gasteiger partial charge on any atom is -0.371 e. The van der Waals surface area contributed by atoms with Gasteiger partial charge in [0.25, 0.3) is 0 Å². The first kappa shape index (κ1) is 15.3. The van der Waals surface area contributed by atoms with Gasteiger partial charge in [-0.1, -0.05) is 6.07 Å². The van der Waals surface area contributed by atoms with Crippen molar-refractivity contribution >= 4 is 21.6 Å². The van der Waals surface area contributed by atoms with E-state index in [0.717, 1.165) is 31.7 Å². The minimum atomic E-state index is 0.738. The van der Waals surface area contributed by atoms with Crippen LogP contribution >= 0.6 is 15.9 Å². The highest BCUT2D eigenvalue weighted by Gasteiger charge is 2.22. The van der Waals surface area contributed by atoms with Gasteiger partial charge in [-0.25, -0.2) is 0 Å². The summed E-state index contributed by atoms with van der Waals surface area (Å²) >= 11 is 3.77. The van der Waals surface area contributed by atoms with Crippen LogP contribution in [0.5, 0.6) is 0 Å². The SMILES string of the molecule is CN(C)C1CCN(c2ccc(CNC3CC3)cc2Br)CC1. The van der Waals surface area contributed by atoms with E-state index in [-0.39, 0.29) is 0 Å². The van der Waals surface area contributed by atoms with Crippen molar-refractivity contribution in [2.45, 2.75) is 44.3 Å². The third-order valence-electron chi connectivity index (χ3n) is 4.72. The van der Waals surface area contributed by atoms with E-state index in [2.05, 4.69) is 63.3 Å². The molecule has 2 fully saturated rings. The van der Waals surface area contributed by atoms with E-state index in [1.807, 2.05) is 0 Å². The van der Waals surface area contributed by atoms with Crippen molar-refractivity contribution in [1.82, 2.24) is 10.2 Å². The largest absolute Gasteiger partial charge is 0.371 e. The molecular weight excluding hydrogens is 326 g/mol. The van der Waals surface area contributed by atoms with Crippen LogP contribution in [0.3, 0.4) is 0 Å². The topological polar surface area (TPSA) is 18.5 Å². The number of anilines is 1. The molecule has 3 rings (SSSR count). The standard InChI is InChI=1S/C17H26BrN3/c1-20(2)15-7-9-21(10-8-15)17-6-3-13(11-16(17)18)12-19-14-4-5-14/h3,6,11,14-15,19H,4-5,7-10,12H2,1-2H3. The molecule has 116 valence electrons. The van der Waals surface area contributed by atoms with Crippen molar-refractivity contribution < 1.29 is 0 Å². The third-order valence-corrected chi connectivity index (χ3v) is 5.35. The zero-order valence-corrected chi connectivity index (χ0v) is 14.7. The average molecular weight is 352 g/mol. The fourth-order valence-electron chi connectivity index (χ4n) is 3.09. The second kappa shape index (κ2) is 6.67. The minimum absolute atomic E-state index is 0.738. The number of benzene rings is 1. The molecule has 1 saturated heterocycles. The highest BCUT2D eigenvalue weighted by atomic mass is 79.9. The van der Waals surface area contributed by atoms with Gasteiger partial charge in [-0.05, 0) is 73.4 Å². The molecule has 1 N–H and O–H groups in total.